The van der Waals surface area contributed by atoms with E-state index in [-0.39, 0.29) is 23.6 Å². The molecular formula is C17H24N2O2S. The quantitative estimate of drug-likeness (QED) is 0.907. The van der Waals surface area contributed by atoms with Crippen LogP contribution in [0.15, 0.2) is 18.2 Å². The van der Waals surface area contributed by atoms with Gasteiger partial charge in [0.05, 0.1) is 17.5 Å². The second-order valence-electron chi connectivity index (χ2n) is 5.85. The van der Waals surface area contributed by atoms with E-state index >= 15 is 0 Å². The van der Waals surface area contributed by atoms with Gasteiger partial charge in [-0.3, -0.25) is 9.59 Å². The number of carbonyl (C=O) groups is 2. The first-order valence-corrected chi connectivity index (χ1v) is 8.88. The Morgan fingerprint density at radius 1 is 1.27 bits per heavy atom. The van der Waals surface area contributed by atoms with E-state index in [1.54, 1.807) is 0 Å². The van der Waals surface area contributed by atoms with Crippen molar-refractivity contribution in [3.63, 3.8) is 0 Å². The van der Waals surface area contributed by atoms with Crippen molar-refractivity contribution in [2.24, 2.45) is 5.73 Å². The molecule has 1 heterocycles. The number of amides is 2. The van der Waals surface area contributed by atoms with Crippen LogP contribution in [0.2, 0.25) is 0 Å². The molecule has 0 aliphatic carbocycles. The van der Waals surface area contributed by atoms with Gasteiger partial charge < -0.3 is 10.6 Å². The molecular weight excluding hydrogens is 296 g/mol. The lowest BCUT2D eigenvalue weighted by Gasteiger charge is -2.37. The van der Waals surface area contributed by atoms with Crippen LogP contribution in [-0.4, -0.2) is 34.8 Å². The van der Waals surface area contributed by atoms with Gasteiger partial charge in [-0.15, -0.1) is 11.8 Å². The molecule has 0 spiro atoms. The molecule has 120 valence electrons. The first kappa shape index (κ1) is 16.9. The Morgan fingerprint density at radius 3 is 2.77 bits per heavy atom. The molecule has 1 aromatic carbocycles. The van der Waals surface area contributed by atoms with Gasteiger partial charge in [0.1, 0.15) is 0 Å². The Morgan fingerprint density at radius 2 is 2.05 bits per heavy atom. The minimum atomic E-state index is -0.373. The van der Waals surface area contributed by atoms with Gasteiger partial charge in [0.15, 0.2) is 0 Å². The first-order valence-electron chi connectivity index (χ1n) is 7.72. The molecule has 22 heavy (non-hydrogen) atoms. The van der Waals surface area contributed by atoms with Crippen molar-refractivity contribution in [2.75, 3.05) is 18.1 Å². The number of piperidine rings is 1. The molecule has 0 aromatic heterocycles. The number of hydrogen-bond donors (Lipinski definition) is 1. The Balaban J connectivity index is 2.12. The highest BCUT2D eigenvalue weighted by Gasteiger charge is 2.28. The average molecular weight is 320 g/mol. The molecule has 1 unspecified atom stereocenters. The molecule has 1 fully saturated rings. The van der Waals surface area contributed by atoms with Gasteiger partial charge >= 0.3 is 0 Å². The maximum Gasteiger partial charge on any atom is 0.233 e. The third kappa shape index (κ3) is 4.03. The van der Waals surface area contributed by atoms with Crippen LogP contribution in [-0.2, 0) is 9.59 Å². The Kier molecular flexibility index (Phi) is 5.89. The van der Waals surface area contributed by atoms with Crippen LogP contribution in [0.25, 0.3) is 0 Å². The number of hydrogen-bond acceptors (Lipinski definition) is 3. The maximum atomic E-state index is 12.5. The minimum Gasteiger partial charge on any atom is -0.369 e. The summed E-state index contributed by atoms with van der Waals surface area (Å²) in [5, 5.41) is 0. The van der Waals surface area contributed by atoms with Gasteiger partial charge in [0.2, 0.25) is 11.8 Å². The van der Waals surface area contributed by atoms with Crippen molar-refractivity contribution >= 4 is 23.6 Å². The Bertz CT molecular complexity index is 560. The summed E-state index contributed by atoms with van der Waals surface area (Å²) in [7, 11) is 0. The smallest absolute Gasteiger partial charge is 0.233 e. The zero-order valence-corrected chi connectivity index (χ0v) is 14.1. The van der Waals surface area contributed by atoms with Gasteiger partial charge in [-0.1, -0.05) is 18.2 Å². The van der Waals surface area contributed by atoms with Crippen molar-refractivity contribution in [1.29, 1.82) is 0 Å². The number of aryl methyl sites for hydroxylation is 1. The van der Waals surface area contributed by atoms with E-state index in [0.717, 1.165) is 25.8 Å². The minimum absolute atomic E-state index is 0.108. The predicted molar refractivity (Wildman–Crippen MR) is 90.7 cm³/mol. The number of likely N-dealkylation sites (tertiary alicyclic amines) is 1. The Hall–Kier alpha value is -1.49. The molecule has 1 aliphatic rings. The molecule has 2 N–H and O–H groups in total. The van der Waals surface area contributed by atoms with E-state index < -0.39 is 0 Å². The van der Waals surface area contributed by atoms with Crippen molar-refractivity contribution in [3.8, 4) is 0 Å². The molecule has 0 bridgehead atoms. The van der Waals surface area contributed by atoms with E-state index in [0.29, 0.717) is 5.75 Å². The number of primary amides is 1. The fourth-order valence-electron chi connectivity index (χ4n) is 3.01. The number of thioether (sulfide) groups is 1. The molecule has 4 nitrogen and oxygen atoms in total. The van der Waals surface area contributed by atoms with E-state index in [9.17, 15) is 9.59 Å². The van der Waals surface area contributed by atoms with E-state index in [1.165, 1.54) is 28.5 Å². The monoisotopic (exact) mass is 320 g/mol. The second-order valence-corrected chi connectivity index (χ2v) is 6.83. The van der Waals surface area contributed by atoms with Crippen molar-refractivity contribution < 1.29 is 9.59 Å². The highest BCUT2D eigenvalue weighted by atomic mass is 32.2. The maximum absolute atomic E-state index is 12.5. The van der Waals surface area contributed by atoms with Crippen molar-refractivity contribution in [3.05, 3.63) is 34.9 Å². The molecule has 1 saturated heterocycles. The van der Waals surface area contributed by atoms with Crippen molar-refractivity contribution in [1.82, 2.24) is 4.90 Å². The molecule has 0 radical (unpaired) electrons. The summed E-state index contributed by atoms with van der Waals surface area (Å²) in [5.74, 6) is 0.261. The number of nitrogens with zero attached hydrogens (tertiary/aromatic N) is 1. The lowest BCUT2D eigenvalue weighted by Crippen LogP contribution is -2.40. The predicted octanol–water partition coefficient (Wildman–Crippen LogP) is 2.58. The van der Waals surface area contributed by atoms with Gasteiger partial charge in [0.25, 0.3) is 0 Å². The molecule has 1 aromatic rings. The molecule has 1 aliphatic heterocycles. The van der Waals surface area contributed by atoms with Crippen LogP contribution in [0.3, 0.4) is 0 Å². The van der Waals surface area contributed by atoms with Crippen LogP contribution in [0.5, 0.6) is 0 Å². The standard InChI is InChI=1S/C17H24N2O2S/c1-12-6-5-7-14(13(12)2)15-8-3-4-9-19(15)17(21)11-22-10-16(18)20/h5-7,15H,3-4,8-11H2,1-2H3,(H2,18,20). The molecule has 2 amide bonds. The largest absolute Gasteiger partial charge is 0.369 e. The molecule has 5 heteroatoms. The van der Waals surface area contributed by atoms with Crippen LogP contribution in [0.1, 0.15) is 42.0 Å². The third-order valence-electron chi connectivity index (χ3n) is 4.30. The number of carbonyl (C=O) groups excluding carboxylic acids is 2. The highest BCUT2D eigenvalue weighted by molar-refractivity contribution is 8.00. The van der Waals surface area contributed by atoms with Gasteiger partial charge in [-0.2, -0.15) is 0 Å². The molecule has 2 rings (SSSR count). The van der Waals surface area contributed by atoms with Crippen LogP contribution >= 0.6 is 11.8 Å². The lowest BCUT2D eigenvalue weighted by molar-refractivity contribution is -0.132. The van der Waals surface area contributed by atoms with Gasteiger partial charge in [0, 0.05) is 6.54 Å². The summed E-state index contributed by atoms with van der Waals surface area (Å²) in [6, 6.07) is 6.47. The zero-order chi connectivity index (χ0) is 16.1. The van der Waals surface area contributed by atoms with Crippen LogP contribution in [0, 0.1) is 13.8 Å². The summed E-state index contributed by atoms with van der Waals surface area (Å²) >= 11 is 1.30. The summed E-state index contributed by atoms with van der Waals surface area (Å²) in [4.78, 5) is 25.3. The summed E-state index contributed by atoms with van der Waals surface area (Å²) in [6.07, 6.45) is 3.21. The first-order chi connectivity index (χ1) is 10.5. The average Bonchev–Trinajstić information content (AvgIpc) is 2.49. The van der Waals surface area contributed by atoms with Gasteiger partial charge in [-0.05, 0) is 49.8 Å². The summed E-state index contributed by atoms with van der Waals surface area (Å²) in [5.41, 5.74) is 8.92. The van der Waals surface area contributed by atoms with Crippen LogP contribution < -0.4 is 5.73 Å². The lowest BCUT2D eigenvalue weighted by atomic mass is 9.90. The van der Waals surface area contributed by atoms with E-state index in [4.69, 9.17) is 5.73 Å². The van der Waals surface area contributed by atoms with E-state index in [2.05, 4.69) is 32.0 Å². The van der Waals surface area contributed by atoms with E-state index in [1.807, 2.05) is 4.90 Å². The molecule has 0 saturated carbocycles. The summed E-state index contributed by atoms with van der Waals surface area (Å²) in [6.45, 7) is 5.04. The fraction of sp³-hybridized carbons (Fsp3) is 0.529. The van der Waals surface area contributed by atoms with Gasteiger partial charge in [-0.25, -0.2) is 0 Å². The normalized spacial score (nSPS) is 18.3. The fourth-order valence-corrected chi connectivity index (χ4v) is 3.65. The Labute approximate surface area is 136 Å². The third-order valence-corrected chi connectivity index (χ3v) is 5.24. The highest BCUT2D eigenvalue weighted by Crippen LogP contribution is 2.34. The van der Waals surface area contributed by atoms with Crippen LogP contribution in [0.4, 0.5) is 0 Å². The zero-order valence-electron chi connectivity index (χ0n) is 13.3. The number of benzene rings is 1. The van der Waals surface area contributed by atoms with Crippen molar-refractivity contribution in [2.45, 2.75) is 39.2 Å². The topological polar surface area (TPSA) is 63.4 Å². The second kappa shape index (κ2) is 7.68. The molecule has 1 atom stereocenters. The number of nitrogens with two attached hydrogens (primary N) is 1. The summed E-state index contributed by atoms with van der Waals surface area (Å²) < 4.78 is 0. The number of rotatable bonds is 5. The SMILES string of the molecule is Cc1cccc(C2CCCCN2C(=O)CSCC(N)=O)c1C.